The minimum atomic E-state index is -0.797. The molecule has 0 heterocycles. The summed E-state index contributed by atoms with van der Waals surface area (Å²) in [4.78, 5) is 11.2. The van der Waals surface area contributed by atoms with Crippen molar-refractivity contribution >= 4 is 5.97 Å². The first kappa shape index (κ1) is 13.7. The topological polar surface area (TPSA) is 46.5 Å². The summed E-state index contributed by atoms with van der Waals surface area (Å²) in [6.45, 7) is 6.34. The molecule has 1 aromatic rings. The van der Waals surface area contributed by atoms with Gasteiger partial charge in [0.25, 0.3) is 0 Å². The van der Waals surface area contributed by atoms with Crippen LogP contribution in [0, 0.1) is 0 Å². The third kappa shape index (κ3) is 5.00. The van der Waals surface area contributed by atoms with E-state index in [1.54, 1.807) is 0 Å². The lowest BCUT2D eigenvalue weighted by molar-refractivity contribution is -0.139. The summed E-state index contributed by atoms with van der Waals surface area (Å²) in [7, 11) is 0. The molecule has 0 aliphatic carbocycles. The third-order valence-electron chi connectivity index (χ3n) is 2.44. The minimum Gasteiger partial charge on any atom is -0.481 e. The fourth-order valence-electron chi connectivity index (χ4n) is 1.60. The van der Waals surface area contributed by atoms with E-state index in [1.165, 1.54) is 0 Å². The van der Waals surface area contributed by atoms with E-state index in [9.17, 15) is 9.90 Å². The Labute approximate surface area is 102 Å². The molecule has 0 spiro atoms. The Bertz CT molecular complexity index is 351. The van der Waals surface area contributed by atoms with Gasteiger partial charge in [0.05, 0.1) is 11.5 Å². The SMILES string of the molecule is CC(C)(C)OCCC(C(=O)O)c1ccccc1. The van der Waals surface area contributed by atoms with Crippen molar-refractivity contribution in [1.29, 1.82) is 0 Å². The third-order valence-corrected chi connectivity index (χ3v) is 2.44. The monoisotopic (exact) mass is 236 g/mol. The largest absolute Gasteiger partial charge is 0.481 e. The van der Waals surface area contributed by atoms with Crippen LogP contribution in [0.25, 0.3) is 0 Å². The molecule has 0 bridgehead atoms. The average Bonchev–Trinajstić information content (AvgIpc) is 2.23. The maximum Gasteiger partial charge on any atom is 0.311 e. The van der Waals surface area contributed by atoms with Gasteiger partial charge in [-0.2, -0.15) is 0 Å². The first-order valence-electron chi connectivity index (χ1n) is 5.82. The van der Waals surface area contributed by atoms with Crippen LogP contribution in [0.4, 0.5) is 0 Å². The zero-order valence-corrected chi connectivity index (χ0v) is 10.6. The van der Waals surface area contributed by atoms with Crippen molar-refractivity contribution in [3.63, 3.8) is 0 Å². The Morgan fingerprint density at radius 1 is 1.29 bits per heavy atom. The van der Waals surface area contributed by atoms with E-state index >= 15 is 0 Å². The van der Waals surface area contributed by atoms with Crippen LogP contribution >= 0.6 is 0 Å². The Morgan fingerprint density at radius 2 is 1.88 bits per heavy atom. The molecule has 3 heteroatoms. The van der Waals surface area contributed by atoms with E-state index in [0.29, 0.717) is 13.0 Å². The van der Waals surface area contributed by atoms with Crippen LogP contribution in [0.2, 0.25) is 0 Å². The number of hydrogen-bond donors (Lipinski definition) is 1. The summed E-state index contributed by atoms with van der Waals surface area (Å²) in [5.41, 5.74) is 0.609. The van der Waals surface area contributed by atoms with E-state index < -0.39 is 11.9 Å². The highest BCUT2D eigenvalue weighted by Gasteiger charge is 2.20. The summed E-state index contributed by atoms with van der Waals surface area (Å²) in [6, 6.07) is 9.28. The van der Waals surface area contributed by atoms with Crippen LogP contribution in [-0.4, -0.2) is 23.3 Å². The lowest BCUT2D eigenvalue weighted by Crippen LogP contribution is -2.22. The van der Waals surface area contributed by atoms with Gasteiger partial charge in [0.15, 0.2) is 0 Å². The summed E-state index contributed by atoms with van der Waals surface area (Å²) in [5, 5.41) is 9.20. The number of carbonyl (C=O) groups is 1. The highest BCUT2D eigenvalue weighted by molar-refractivity contribution is 5.75. The van der Waals surface area contributed by atoms with Crippen LogP contribution in [0.1, 0.15) is 38.7 Å². The Balaban J connectivity index is 2.60. The van der Waals surface area contributed by atoms with Crippen molar-refractivity contribution in [3.8, 4) is 0 Å². The molecule has 0 fully saturated rings. The van der Waals surface area contributed by atoms with Crippen LogP contribution in [0.5, 0.6) is 0 Å². The van der Waals surface area contributed by atoms with Gasteiger partial charge in [0.2, 0.25) is 0 Å². The number of carboxylic acid groups (broad SMARTS) is 1. The summed E-state index contributed by atoms with van der Waals surface area (Å²) in [6.07, 6.45) is 0.497. The van der Waals surface area contributed by atoms with Gasteiger partial charge >= 0.3 is 5.97 Å². The second-order valence-electron chi connectivity index (χ2n) is 5.05. The van der Waals surface area contributed by atoms with Crippen molar-refractivity contribution in [3.05, 3.63) is 35.9 Å². The van der Waals surface area contributed by atoms with E-state index in [1.807, 2.05) is 51.1 Å². The number of aliphatic carboxylic acids is 1. The second-order valence-corrected chi connectivity index (χ2v) is 5.05. The molecule has 1 atom stereocenters. The van der Waals surface area contributed by atoms with Crippen molar-refractivity contribution in [2.45, 2.75) is 38.7 Å². The molecule has 0 amide bonds. The van der Waals surface area contributed by atoms with Crippen LogP contribution < -0.4 is 0 Å². The standard InChI is InChI=1S/C14H20O3/c1-14(2,3)17-10-9-12(13(15)16)11-7-5-4-6-8-11/h4-8,12H,9-10H2,1-3H3,(H,15,16). The van der Waals surface area contributed by atoms with Crippen LogP contribution in [-0.2, 0) is 9.53 Å². The predicted molar refractivity (Wildman–Crippen MR) is 67.1 cm³/mol. The summed E-state index contributed by atoms with van der Waals surface area (Å²) < 4.78 is 5.57. The smallest absolute Gasteiger partial charge is 0.311 e. The van der Waals surface area contributed by atoms with Crippen molar-refractivity contribution in [1.82, 2.24) is 0 Å². The number of hydrogen-bond acceptors (Lipinski definition) is 2. The molecular formula is C14H20O3. The second kappa shape index (κ2) is 5.82. The van der Waals surface area contributed by atoms with E-state index in [4.69, 9.17) is 4.74 Å². The Morgan fingerprint density at radius 3 is 2.35 bits per heavy atom. The van der Waals surface area contributed by atoms with Gasteiger partial charge in [-0.1, -0.05) is 30.3 Å². The molecule has 1 rings (SSSR count). The molecule has 0 aromatic heterocycles. The molecule has 0 aliphatic rings. The van der Waals surface area contributed by atoms with E-state index in [-0.39, 0.29) is 5.60 Å². The molecule has 94 valence electrons. The van der Waals surface area contributed by atoms with Gasteiger partial charge in [0.1, 0.15) is 0 Å². The number of benzene rings is 1. The summed E-state index contributed by atoms with van der Waals surface area (Å²) >= 11 is 0. The number of rotatable bonds is 5. The van der Waals surface area contributed by atoms with Crippen molar-refractivity contribution in [2.75, 3.05) is 6.61 Å². The van der Waals surface area contributed by atoms with Gasteiger partial charge in [-0.25, -0.2) is 0 Å². The van der Waals surface area contributed by atoms with E-state index in [2.05, 4.69) is 0 Å². The average molecular weight is 236 g/mol. The fraction of sp³-hybridized carbons (Fsp3) is 0.500. The molecule has 1 N–H and O–H groups in total. The van der Waals surface area contributed by atoms with Gasteiger partial charge in [-0.3, -0.25) is 4.79 Å². The van der Waals surface area contributed by atoms with Gasteiger partial charge in [0, 0.05) is 6.61 Å². The molecule has 0 saturated carbocycles. The maximum atomic E-state index is 11.2. The lowest BCUT2D eigenvalue weighted by Gasteiger charge is -2.21. The van der Waals surface area contributed by atoms with Crippen molar-refractivity contribution in [2.24, 2.45) is 0 Å². The molecule has 0 saturated heterocycles. The molecular weight excluding hydrogens is 216 g/mol. The van der Waals surface area contributed by atoms with Gasteiger partial charge in [-0.05, 0) is 32.8 Å². The number of carboxylic acids is 1. The highest BCUT2D eigenvalue weighted by atomic mass is 16.5. The van der Waals surface area contributed by atoms with Gasteiger partial charge < -0.3 is 9.84 Å². The highest BCUT2D eigenvalue weighted by Crippen LogP contribution is 2.21. The zero-order chi connectivity index (χ0) is 12.9. The molecule has 1 unspecified atom stereocenters. The van der Waals surface area contributed by atoms with Crippen LogP contribution in [0.3, 0.4) is 0 Å². The normalized spacial score (nSPS) is 13.4. The molecule has 3 nitrogen and oxygen atoms in total. The van der Waals surface area contributed by atoms with Crippen molar-refractivity contribution < 1.29 is 14.6 Å². The fourth-order valence-corrected chi connectivity index (χ4v) is 1.60. The zero-order valence-electron chi connectivity index (χ0n) is 10.6. The maximum absolute atomic E-state index is 11.2. The first-order valence-corrected chi connectivity index (χ1v) is 5.82. The minimum absolute atomic E-state index is 0.222. The molecule has 0 radical (unpaired) electrons. The summed E-state index contributed by atoms with van der Waals surface area (Å²) in [5.74, 6) is -1.28. The predicted octanol–water partition coefficient (Wildman–Crippen LogP) is 3.06. The first-order chi connectivity index (χ1) is 7.90. The Hall–Kier alpha value is -1.35. The molecule has 17 heavy (non-hydrogen) atoms. The van der Waals surface area contributed by atoms with Crippen LogP contribution in [0.15, 0.2) is 30.3 Å². The molecule has 1 aromatic carbocycles. The van der Waals surface area contributed by atoms with Gasteiger partial charge in [-0.15, -0.1) is 0 Å². The Kier molecular flexibility index (Phi) is 4.70. The number of ether oxygens (including phenoxy) is 1. The lowest BCUT2D eigenvalue weighted by atomic mass is 9.96. The quantitative estimate of drug-likeness (QED) is 0.854. The van der Waals surface area contributed by atoms with E-state index in [0.717, 1.165) is 5.56 Å². The molecule has 0 aliphatic heterocycles.